The minimum absolute atomic E-state index is 0.0300. The van der Waals surface area contributed by atoms with Crippen LogP contribution in [0.3, 0.4) is 0 Å². The molecule has 0 aliphatic carbocycles. The minimum atomic E-state index is -0.503. The third kappa shape index (κ3) is 3.91. The predicted octanol–water partition coefficient (Wildman–Crippen LogP) is 3.55. The standard InChI is InChI=1S/C19H18FN3O2/c1-12-7-6-10-15(17(12)20)19(24)21-13(2)11-16-22-18(23-25-16)14-8-4-3-5-9-14/h3-10,13H,11H2,1-2H3,(H,21,24). The topological polar surface area (TPSA) is 68.0 Å². The molecule has 1 unspecified atom stereocenters. The second kappa shape index (κ2) is 7.25. The number of aromatic nitrogens is 2. The summed E-state index contributed by atoms with van der Waals surface area (Å²) < 4.78 is 19.3. The van der Waals surface area contributed by atoms with E-state index < -0.39 is 11.7 Å². The summed E-state index contributed by atoms with van der Waals surface area (Å²) >= 11 is 0. The van der Waals surface area contributed by atoms with Gasteiger partial charge in [-0.05, 0) is 25.5 Å². The molecule has 5 nitrogen and oxygen atoms in total. The Hall–Kier alpha value is -3.02. The quantitative estimate of drug-likeness (QED) is 0.772. The van der Waals surface area contributed by atoms with Crippen LogP contribution in [0.15, 0.2) is 53.1 Å². The number of nitrogens with one attached hydrogen (secondary N) is 1. The molecular formula is C19H18FN3O2. The summed E-state index contributed by atoms with van der Waals surface area (Å²) in [6.07, 6.45) is 0.360. The van der Waals surface area contributed by atoms with Crippen molar-refractivity contribution in [1.82, 2.24) is 15.5 Å². The van der Waals surface area contributed by atoms with Crippen molar-refractivity contribution in [3.8, 4) is 11.4 Å². The predicted molar refractivity (Wildman–Crippen MR) is 91.5 cm³/mol. The Morgan fingerprint density at radius 3 is 2.72 bits per heavy atom. The molecule has 1 atom stereocenters. The monoisotopic (exact) mass is 339 g/mol. The number of aryl methyl sites for hydroxylation is 1. The molecule has 2 aromatic carbocycles. The highest BCUT2D eigenvalue weighted by atomic mass is 19.1. The van der Waals surface area contributed by atoms with Gasteiger partial charge in [0.1, 0.15) is 5.82 Å². The number of halogens is 1. The highest BCUT2D eigenvalue weighted by Crippen LogP contribution is 2.16. The Balaban J connectivity index is 1.65. The summed E-state index contributed by atoms with van der Waals surface area (Å²) in [5.41, 5.74) is 1.32. The number of amides is 1. The Kier molecular flexibility index (Phi) is 4.88. The second-order valence-corrected chi connectivity index (χ2v) is 5.89. The molecule has 1 aromatic heterocycles. The van der Waals surface area contributed by atoms with Gasteiger partial charge in [0.25, 0.3) is 5.91 Å². The highest BCUT2D eigenvalue weighted by Gasteiger charge is 2.17. The van der Waals surface area contributed by atoms with Crippen LogP contribution >= 0.6 is 0 Å². The molecule has 6 heteroatoms. The summed E-state index contributed by atoms with van der Waals surface area (Å²) in [4.78, 5) is 16.6. The number of carbonyl (C=O) groups is 1. The summed E-state index contributed by atoms with van der Waals surface area (Å²) in [5, 5.41) is 6.70. The molecule has 0 aliphatic heterocycles. The largest absolute Gasteiger partial charge is 0.349 e. The van der Waals surface area contributed by atoms with Crippen LogP contribution in [0, 0.1) is 12.7 Å². The lowest BCUT2D eigenvalue weighted by Crippen LogP contribution is -2.34. The fourth-order valence-electron chi connectivity index (χ4n) is 2.48. The van der Waals surface area contributed by atoms with E-state index in [1.165, 1.54) is 6.07 Å². The van der Waals surface area contributed by atoms with Gasteiger partial charge in [-0.1, -0.05) is 47.6 Å². The molecule has 1 N–H and O–H groups in total. The van der Waals surface area contributed by atoms with Gasteiger partial charge in [-0.3, -0.25) is 4.79 Å². The molecular weight excluding hydrogens is 321 g/mol. The summed E-state index contributed by atoms with van der Waals surface area (Å²) in [5.74, 6) is -0.0527. The van der Waals surface area contributed by atoms with Gasteiger partial charge in [-0.15, -0.1) is 0 Å². The molecule has 3 aromatic rings. The van der Waals surface area contributed by atoms with Crippen molar-refractivity contribution in [2.45, 2.75) is 26.3 Å². The van der Waals surface area contributed by atoms with Crippen molar-refractivity contribution in [3.63, 3.8) is 0 Å². The van der Waals surface area contributed by atoms with Gasteiger partial charge in [0.05, 0.1) is 5.56 Å². The van der Waals surface area contributed by atoms with Crippen molar-refractivity contribution in [2.75, 3.05) is 0 Å². The Labute approximate surface area is 144 Å². The highest BCUT2D eigenvalue weighted by molar-refractivity contribution is 5.94. The van der Waals surface area contributed by atoms with Crippen LogP contribution in [0.5, 0.6) is 0 Å². The fraction of sp³-hybridized carbons (Fsp3) is 0.211. The van der Waals surface area contributed by atoms with Crippen LogP contribution in [-0.4, -0.2) is 22.1 Å². The number of carbonyl (C=O) groups excluding carboxylic acids is 1. The Bertz CT molecular complexity index is 877. The molecule has 128 valence electrons. The maximum absolute atomic E-state index is 14.0. The van der Waals surface area contributed by atoms with Crippen molar-refractivity contribution >= 4 is 5.91 Å². The maximum Gasteiger partial charge on any atom is 0.254 e. The number of hydrogen-bond acceptors (Lipinski definition) is 4. The van der Waals surface area contributed by atoms with Crippen molar-refractivity contribution in [3.05, 3.63) is 71.4 Å². The molecule has 0 saturated carbocycles. The minimum Gasteiger partial charge on any atom is -0.349 e. The molecule has 3 rings (SSSR count). The van der Waals surface area contributed by atoms with Gasteiger partial charge < -0.3 is 9.84 Å². The van der Waals surface area contributed by atoms with Crippen LogP contribution in [0.1, 0.15) is 28.7 Å². The first-order chi connectivity index (χ1) is 12.0. The van der Waals surface area contributed by atoms with E-state index in [9.17, 15) is 9.18 Å². The van der Waals surface area contributed by atoms with Crippen LogP contribution in [0.4, 0.5) is 4.39 Å². The lowest BCUT2D eigenvalue weighted by atomic mass is 10.1. The Morgan fingerprint density at radius 2 is 1.96 bits per heavy atom. The molecule has 0 saturated heterocycles. The smallest absolute Gasteiger partial charge is 0.254 e. The lowest BCUT2D eigenvalue weighted by Gasteiger charge is -2.12. The van der Waals surface area contributed by atoms with Crippen LogP contribution in [-0.2, 0) is 6.42 Å². The van der Waals surface area contributed by atoms with E-state index >= 15 is 0 Å². The van der Waals surface area contributed by atoms with Gasteiger partial charge in [-0.2, -0.15) is 4.98 Å². The SMILES string of the molecule is Cc1cccc(C(=O)NC(C)Cc2nc(-c3ccccc3)no2)c1F. The molecule has 0 fully saturated rings. The van der Waals surface area contributed by atoms with Crippen molar-refractivity contribution < 1.29 is 13.7 Å². The summed E-state index contributed by atoms with van der Waals surface area (Å²) in [6, 6.07) is 13.9. The lowest BCUT2D eigenvalue weighted by molar-refractivity contribution is 0.0934. The first-order valence-electron chi connectivity index (χ1n) is 7.98. The first kappa shape index (κ1) is 16.8. The second-order valence-electron chi connectivity index (χ2n) is 5.89. The zero-order chi connectivity index (χ0) is 17.8. The maximum atomic E-state index is 14.0. The molecule has 0 radical (unpaired) electrons. The zero-order valence-corrected chi connectivity index (χ0v) is 14.0. The Morgan fingerprint density at radius 1 is 1.20 bits per heavy atom. The number of rotatable bonds is 5. The molecule has 25 heavy (non-hydrogen) atoms. The molecule has 0 aliphatic rings. The van der Waals surface area contributed by atoms with E-state index in [4.69, 9.17) is 4.52 Å². The van der Waals surface area contributed by atoms with E-state index in [0.29, 0.717) is 23.7 Å². The normalized spacial score (nSPS) is 12.0. The van der Waals surface area contributed by atoms with Gasteiger partial charge in [0, 0.05) is 18.0 Å². The first-order valence-corrected chi connectivity index (χ1v) is 7.98. The van der Waals surface area contributed by atoms with E-state index in [1.807, 2.05) is 30.3 Å². The number of nitrogens with zero attached hydrogens (tertiary/aromatic N) is 2. The van der Waals surface area contributed by atoms with Gasteiger partial charge in [0.2, 0.25) is 11.7 Å². The average molecular weight is 339 g/mol. The molecule has 1 amide bonds. The number of hydrogen-bond donors (Lipinski definition) is 1. The third-order valence-corrected chi connectivity index (χ3v) is 3.79. The van der Waals surface area contributed by atoms with E-state index in [2.05, 4.69) is 15.5 Å². The van der Waals surface area contributed by atoms with Crippen molar-refractivity contribution in [2.24, 2.45) is 0 Å². The summed E-state index contributed by atoms with van der Waals surface area (Å²) in [6.45, 7) is 3.43. The van der Waals surface area contributed by atoms with Gasteiger partial charge in [-0.25, -0.2) is 4.39 Å². The van der Waals surface area contributed by atoms with E-state index in [0.717, 1.165) is 5.56 Å². The molecule has 0 bridgehead atoms. The van der Waals surface area contributed by atoms with Gasteiger partial charge in [0.15, 0.2) is 0 Å². The molecule has 1 heterocycles. The van der Waals surface area contributed by atoms with E-state index in [1.54, 1.807) is 26.0 Å². The van der Waals surface area contributed by atoms with Crippen molar-refractivity contribution in [1.29, 1.82) is 0 Å². The van der Waals surface area contributed by atoms with Crippen LogP contribution in [0.2, 0.25) is 0 Å². The zero-order valence-electron chi connectivity index (χ0n) is 14.0. The fourth-order valence-corrected chi connectivity index (χ4v) is 2.48. The molecule has 0 spiro atoms. The summed E-state index contributed by atoms with van der Waals surface area (Å²) in [7, 11) is 0. The third-order valence-electron chi connectivity index (χ3n) is 3.79. The van der Waals surface area contributed by atoms with Gasteiger partial charge >= 0.3 is 0 Å². The number of benzene rings is 2. The van der Waals surface area contributed by atoms with Crippen LogP contribution in [0.25, 0.3) is 11.4 Å². The van der Waals surface area contributed by atoms with Crippen LogP contribution < -0.4 is 5.32 Å². The average Bonchev–Trinajstić information content (AvgIpc) is 3.06. The van der Waals surface area contributed by atoms with E-state index in [-0.39, 0.29) is 11.6 Å².